The first-order chi connectivity index (χ1) is 20.9. The lowest BCUT2D eigenvalue weighted by atomic mass is 9.96. The fourth-order valence-electron chi connectivity index (χ4n) is 5.57. The first-order valence-electron chi connectivity index (χ1n) is 14.3. The van der Waals surface area contributed by atoms with Crippen molar-refractivity contribution < 1.29 is 9.59 Å². The standard InChI is InChI=1S/C35H33N5O2S/c1-23-15-16-29(25(3)18-23)40-35-32(33(38-40)27-12-5-4-6-13-27)34(28-14-8-7-10-24(28)2)43-22-31(42)39(35)21-30(41)37-20-26-11-9-17-36-19-26/h4-19,34H,20-22H2,1-3H3,(H,37,41)/t34-/m1/s1. The Balaban J connectivity index is 1.55. The van der Waals surface area contributed by atoms with Crippen molar-refractivity contribution in [1.82, 2.24) is 20.1 Å². The van der Waals surface area contributed by atoms with Gasteiger partial charge in [-0.3, -0.25) is 19.5 Å². The summed E-state index contributed by atoms with van der Waals surface area (Å²) in [5, 5.41) is 8.03. The lowest BCUT2D eigenvalue weighted by Gasteiger charge is -2.24. The molecule has 216 valence electrons. The van der Waals surface area contributed by atoms with Crippen LogP contribution >= 0.6 is 11.8 Å². The monoisotopic (exact) mass is 587 g/mol. The lowest BCUT2D eigenvalue weighted by molar-refractivity contribution is -0.123. The van der Waals surface area contributed by atoms with Crippen molar-refractivity contribution in [1.29, 1.82) is 0 Å². The Labute approximate surface area is 256 Å². The quantitative estimate of drug-likeness (QED) is 0.240. The number of hydrogen-bond acceptors (Lipinski definition) is 5. The summed E-state index contributed by atoms with van der Waals surface area (Å²) in [5.41, 5.74) is 8.87. The Bertz CT molecular complexity index is 1790. The minimum atomic E-state index is -0.253. The molecule has 7 nitrogen and oxygen atoms in total. The molecule has 0 spiro atoms. The Morgan fingerprint density at radius 1 is 0.953 bits per heavy atom. The van der Waals surface area contributed by atoms with Crippen molar-refractivity contribution in [2.24, 2.45) is 0 Å². The van der Waals surface area contributed by atoms with E-state index in [0.29, 0.717) is 12.4 Å². The molecule has 2 amide bonds. The molecule has 5 aromatic rings. The normalized spacial score (nSPS) is 14.7. The maximum absolute atomic E-state index is 14.0. The number of aryl methyl sites for hydroxylation is 3. The van der Waals surface area contributed by atoms with E-state index >= 15 is 0 Å². The minimum Gasteiger partial charge on any atom is -0.350 e. The van der Waals surface area contributed by atoms with Gasteiger partial charge in [0.05, 0.1) is 22.4 Å². The van der Waals surface area contributed by atoms with Crippen LogP contribution in [0.15, 0.2) is 97.3 Å². The van der Waals surface area contributed by atoms with Crippen molar-refractivity contribution in [3.8, 4) is 16.9 Å². The van der Waals surface area contributed by atoms with Gasteiger partial charge >= 0.3 is 0 Å². The molecule has 1 atom stereocenters. The SMILES string of the molecule is Cc1ccc(-n2nc(-c3ccccc3)c3c2N(CC(=O)NCc2cccnc2)C(=O)CS[C@@H]3c2ccccc2C)c(C)c1. The number of nitrogens with one attached hydrogen (secondary N) is 1. The Morgan fingerprint density at radius 2 is 1.74 bits per heavy atom. The number of carbonyl (C=O) groups is 2. The highest BCUT2D eigenvalue weighted by molar-refractivity contribution is 8.00. The summed E-state index contributed by atoms with van der Waals surface area (Å²) in [6.45, 7) is 6.41. The van der Waals surface area contributed by atoms with E-state index in [9.17, 15) is 9.59 Å². The molecule has 1 N–H and O–H groups in total. The van der Waals surface area contributed by atoms with Gasteiger partial charge in [-0.05, 0) is 55.2 Å². The van der Waals surface area contributed by atoms with Gasteiger partial charge in [-0.2, -0.15) is 5.10 Å². The van der Waals surface area contributed by atoms with Crippen molar-refractivity contribution in [2.45, 2.75) is 32.6 Å². The molecule has 0 aliphatic carbocycles. The highest BCUT2D eigenvalue weighted by Gasteiger charge is 2.38. The molecule has 3 aromatic carbocycles. The summed E-state index contributed by atoms with van der Waals surface area (Å²) in [6.07, 6.45) is 3.42. The molecule has 1 aliphatic rings. The largest absolute Gasteiger partial charge is 0.350 e. The number of pyridine rings is 1. The van der Waals surface area contributed by atoms with E-state index in [1.807, 2.05) is 65.3 Å². The first-order valence-corrected chi connectivity index (χ1v) is 15.3. The molecule has 6 rings (SSSR count). The van der Waals surface area contributed by atoms with Crippen molar-refractivity contribution in [3.05, 3.63) is 131 Å². The third kappa shape index (κ3) is 5.83. The number of nitrogens with zero attached hydrogens (tertiary/aromatic N) is 4. The van der Waals surface area contributed by atoms with Crippen LogP contribution in [-0.2, 0) is 16.1 Å². The van der Waals surface area contributed by atoms with Gasteiger partial charge in [0.15, 0.2) is 0 Å². The molecular weight excluding hydrogens is 554 g/mol. The van der Waals surface area contributed by atoms with Crippen LogP contribution in [-0.4, -0.2) is 38.9 Å². The van der Waals surface area contributed by atoms with Gasteiger partial charge in [0.1, 0.15) is 12.4 Å². The van der Waals surface area contributed by atoms with Crippen molar-refractivity contribution in [2.75, 3.05) is 17.2 Å². The van der Waals surface area contributed by atoms with Gasteiger partial charge < -0.3 is 5.32 Å². The van der Waals surface area contributed by atoms with Gasteiger partial charge in [-0.25, -0.2) is 4.68 Å². The summed E-state index contributed by atoms with van der Waals surface area (Å²) in [4.78, 5) is 33.2. The molecule has 43 heavy (non-hydrogen) atoms. The Kier molecular flexibility index (Phi) is 8.11. The number of aromatic nitrogens is 3. The van der Waals surface area contributed by atoms with Crippen LogP contribution in [0.5, 0.6) is 0 Å². The molecule has 1 aliphatic heterocycles. The molecule has 0 radical (unpaired) electrons. The van der Waals surface area contributed by atoms with Crippen molar-refractivity contribution >= 4 is 29.4 Å². The fraction of sp³-hybridized carbons (Fsp3) is 0.200. The average molecular weight is 588 g/mol. The van der Waals surface area contributed by atoms with Gasteiger partial charge in [-0.15, -0.1) is 11.8 Å². The molecule has 0 fully saturated rings. The molecule has 0 saturated carbocycles. The minimum absolute atomic E-state index is 0.127. The number of rotatable bonds is 7. The van der Waals surface area contributed by atoms with Crippen LogP contribution in [0.2, 0.25) is 0 Å². The molecule has 0 bridgehead atoms. The van der Waals surface area contributed by atoms with Crippen LogP contribution in [0.3, 0.4) is 0 Å². The molecular formula is C35H33N5O2S. The summed E-state index contributed by atoms with van der Waals surface area (Å²) in [5.74, 6) is 0.470. The zero-order chi connectivity index (χ0) is 29.9. The van der Waals surface area contributed by atoms with Gasteiger partial charge in [-0.1, -0.05) is 78.4 Å². The van der Waals surface area contributed by atoms with Crippen LogP contribution in [0.1, 0.15) is 38.6 Å². The van der Waals surface area contributed by atoms with Gasteiger partial charge in [0.2, 0.25) is 11.8 Å². The summed E-state index contributed by atoms with van der Waals surface area (Å²) >= 11 is 1.58. The molecule has 0 unspecified atom stereocenters. The number of hydrogen-bond donors (Lipinski definition) is 1. The maximum Gasteiger partial charge on any atom is 0.240 e. The maximum atomic E-state index is 14.0. The molecule has 8 heteroatoms. The zero-order valence-electron chi connectivity index (χ0n) is 24.4. The Morgan fingerprint density at radius 3 is 2.49 bits per heavy atom. The van der Waals surface area contributed by atoms with E-state index in [2.05, 4.69) is 55.3 Å². The van der Waals surface area contributed by atoms with E-state index in [-0.39, 0.29) is 29.4 Å². The number of thioether (sulfide) groups is 1. The van der Waals surface area contributed by atoms with Crippen molar-refractivity contribution in [3.63, 3.8) is 0 Å². The molecule has 3 heterocycles. The van der Waals surface area contributed by atoms with E-state index in [4.69, 9.17) is 5.10 Å². The zero-order valence-corrected chi connectivity index (χ0v) is 25.3. The number of amides is 2. The van der Waals surface area contributed by atoms with Gasteiger partial charge in [0, 0.05) is 30.1 Å². The first kappa shape index (κ1) is 28.4. The highest BCUT2D eigenvalue weighted by Crippen LogP contribution is 2.49. The van der Waals surface area contributed by atoms with E-state index < -0.39 is 0 Å². The number of carbonyl (C=O) groups excluding carboxylic acids is 2. The van der Waals surface area contributed by atoms with Crippen LogP contribution in [0, 0.1) is 20.8 Å². The predicted octanol–water partition coefficient (Wildman–Crippen LogP) is 6.35. The topological polar surface area (TPSA) is 80.1 Å². The van der Waals surface area contributed by atoms with Crippen LogP contribution in [0.4, 0.5) is 5.82 Å². The predicted molar refractivity (Wildman–Crippen MR) is 172 cm³/mol. The van der Waals surface area contributed by atoms with E-state index in [0.717, 1.165) is 50.3 Å². The second-order valence-electron chi connectivity index (χ2n) is 10.8. The van der Waals surface area contributed by atoms with E-state index in [1.54, 1.807) is 29.1 Å². The average Bonchev–Trinajstić information content (AvgIpc) is 3.34. The highest BCUT2D eigenvalue weighted by atomic mass is 32.2. The van der Waals surface area contributed by atoms with Crippen LogP contribution < -0.4 is 10.2 Å². The fourth-order valence-corrected chi connectivity index (χ4v) is 6.86. The van der Waals surface area contributed by atoms with Gasteiger partial charge in [0.25, 0.3) is 0 Å². The molecule has 0 saturated heterocycles. The smallest absolute Gasteiger partial charge is 0.240 e. The number of anilines is 1. The third-order valence-electron chi connectivity index (χ3n) is 7.70. The number of benzene rings is 3. The second-order valence-corrected chi connectivity index (χ2v) is 11.9. The summed E-state index contributed by atoms with van der Waals surface area (Å²) in [7, 11) is 0. The van der Waals surface area contributed by atoms with Crippen LogP contribution in [0.25, 0.3) is 16.9 Å². The third-order valence-corrected chi connectivity index (χ3v) is 8.94. The Hall–Kier alpha value is -4.69. The number of fused-ring (bicyclic) bond motifs is 1. The lowest BCUT2D eigenvalue weighted by Crippen LogP contribution is -2.42. The summed E-state index contributed by atoms with van der Waals surface area (Å²) < 4.78 is 1.87. The summed E-state index contributed by atoms with van der Waals surface area (Å²) in [6, 6.07) is 28.3. The van der Waals surface area contributed by atoms with E-state index in [1.165, 1.54) is 0 Å². The second kappa shape index (κ2) is 12.3. The molecule has 2 aromatic heterocycles.